The topological polar surface area (TPSA) is 82.1 Å². The molecule has 1 aromatic carbocycles. The molecule has 1 fully saturated rings. The zero-order valence-electron chi connectivity index (χ0n) is 20.5. The van der Waals surface area contributed by atoms with Crippen molar-refractivity contribution in [1.29, 1.82) is 0 Å². The second-order valence-electron chi connectivity index (χ2n) is 10.1. The number of carbonyl (C=O) groups excluding carboxylic acids is 2. The molecule has 0 saturated heterocycles. The van der Waals surface area contributed by atoms with Gasteiger partial charge in [-0.25, -0.2) is 9.59 Å². The van der Waals surface area contributed by atoms with Crippen LogP contribution in [0.4, 0.5) is 0 Å². The Balaban J connectivity index is 2.29. The first-order chi connectivity index (χ1) is 14.9. The summed E-state index contributed by atoms with van der Waals surface area (Å²) in [4.78, 5) is 25.5. The van der Waals surface area contributed by atoms with Gasteiger partial charge in [0.2, 0.25) is 0 Å². The standard InChI is InChI=1S/C25H38O6Si/c1-25(2,3)32(6,7)31-20-14-10-18(11-15-20)22(24(28)30-5)21(23(27)29-4)16-17-8-12-19(26)13-9-17/h8-9,12-13,18,20,26H,10-11,14-16H2,1-7H3/b22-21-. The number of phenols is 1. The summed E-state index contributed by atoms with van der Waals surface area (Å²) in [6.07, 6.45) is 3.58. The number of hydrogen-bond acceptors (Lipinski definition) is 6. The molecule has 1 N–H and O–H groups in total. The van der Waals surface area contributed by atoms with Gasteiger partial charge in [0.15, 0.2) is 8.32 Å². The van der Waals surface area contributed by atoms with Crippen molar-refractivity contribution in [3.63, 3.8) is 0 Å². The summed E-state index contributed by atoms with van der Waals surface area (Å²) < 4.78 is 16.7. The van der Waals surface area contributed by atoms with Crippen molar-refractivity contribution in [1.82, 2.24) is 0 Å². The van der Waals surface area contributed by atoms with Crippen LogP contribution in [0.5, 0.6) is 5.75 Å². The molecule has 0 amide bonds. The van der Waals surface area contributed by atoms with E-state index in [2.05, 4.69) is 33.9 Å². The number of rotatable bonds is 7. The van der Waals surface area contributed by atoms with E-state index in [1.165, 1.54) is 14.2 Å². The zero-order chi connectivity index (χ0) is 24.1. The molecule has 0 atom stereocenters. The highest BCUT2D eigenvalue weighted by atomic mass is 28.4. The summed E-state index contributed by atoms with van der Waals surface area (Å²) in [5, 5.41) is 9.70. The van der Waals surface area contributed by atoms with Crippen LogP contribution < -0.4 is 0 Å². The Bertz CT molecular complexity index is 827. The molecule has 0 spiro atoms. The first kappa shape index (κ1) is 26.1. The van der Waals surface area contributed by atoms with Gasteiger partial charge in [-0.15, -0.1) is 0 Å². The maximum absolute atomic E-state index is 12.8. The molecule has 0 heterocycles. The van der Waals surface area contributed by atoms with Gasteiger partial charge in [-0.3, -0.25) is 0 Å². The minimum Gasteiger partial charge on any atom is -0.508 e. The van der Waals surface area contributed by atoms with Gasteiger partial charge in [-0.05, 0) is 67.4 Å². The van der Waals surface area contributed by atoms with Crippen molar-refractivity contribution < 1.29 is 28.6 Å². The average Bonchev–Trinajstić information content (AvgIpc) is 2.74. The van der Waals surface area contributed by atoms with Crippen LogP contribution in [0.15, 0.2) is 35.4 Å². The van der Waals surface area contributed by atoms with Crippen LogP contribution in [0, 0.1) is 5.92 Å². The van der Waals surface area contributed by atoms with Crippen LogP contribution in [0.25, 0.3) is 0 Å². The maximum atomic E-state index is 12.8. The summed E-state index contributed by atoms with van der Waals surface area (Å²) >= 11 is 0. The molecule has 32 heavy (non-hydrogen) atoms. The quantitative estimate of drug-likeness (QED) is 0.342. The molecular weight excluding hydrogens is 424 g/mol. The lowest BCUT2D eigenvalue weighted by molar-refractivity contribution is -0.140. The highest BCUT2D eigenvalue weighted by Gasteiger charge is 2.41. The predicted octanol–water partition coefficient (Wildman–Crippen LogP) is 5.16. The second kappa shape index (κ2) is 10.7. The van der Waals surface area contributed by atoms with Gasteiger partial charge in [0, 0.05) is 12.5 Å². The first-order valence-corrected chi connectivity index (χ1v) is 14.2. The highest BCUT2D eigenvalue weighted by Crippen LogP contribution is 2.41. The minimum absolute atomic E-state index is 0.0899. The number of benzene rings is 1. The van der Waals surface area contributed by atoms with E-state index < -0.39 is 20.3 Å². The number of phenolic OH excluding ortho intramolecular Hbond substituents is 1. The molecule has 1 aromatic rings. The van der Waals surface area contributed by atoms with Gasteiger partial charge in [0.1, 0.15) is 5.75 Å². The van der Waals surface area contributed by atoms with Crippen LogP contribution in [0.3, 0.4) is 0 Å². The summed E-state index contributed by atoms with van der Waals surface area (Å²) in [7, 11) is 0.785. The Morgan fingerprint density at radius 1 is 0.969 bits per heavy atom. The zero-order valence-corrected chi connectivity index (χ0v) is 21.5. The van der Waals surface area contributed by atoms with E-state index in [0.717, 1.165) is 31.2 Å². The number of ether oxygens (including phenoxy) is 2. The van der Waals surface area contributed by atoms with Crippen molar-refractivity contribution in [2.45, 2.75) is 77.1 Å². The largest absolute Gasteiger partial charge is 0.508 e. The molecule has 0 radical (unpaired) electrons. The van der Waals surface area contributed by atoms with Gasteiger partial charge in [-0.1, -0.05) is 32.9 Å². The first-order valence-electron chi connectivity index (χ1n) is 11.2. The summed E-state index contributed by atoms with van der Waals surface area (Å²) in [6, 6.07) is 6.59. The summed E-state index contributed by atoms with van der Waals surface area (Å²) in [5.41, 5.74) is 1.52. The van der Waals surface area contributed by atoms with Crippen LogP contribution in [0.2, 0.25) is 18.1 Å². The van der Waals surface area contributed by atoms with Gasteiger partial charge in [0.05, 0.1) is 25.4 Å². The van der Waals surface area contributed by atoms with Crippen LogP contribution >= 0.6 is 0 Å². The van der Waals surface area contributed by atoms with Gasteiger partial charge < -0.3 is 19.0 Å². The van der Waals surface area contributed by atoms with Crippen molar-refractivity contribution in [2.24, 2.45) is 5.92 Å². The Morgan fingerprint density at radius 2 is 1.50 bits per heavy atom. The monoisotopic (exact) mass is 462 g/mol. The van der Waals surface area contributed by atoms with Crippen molar-refractivity contribution in [3.8, 4) is 5.75 Å². The lowest BCUT2D eigenvalue weighted by atomic mass is 9.79. The lowest BCUT2D eigenvalue weighted by Crippen LogP contribution is -2.44. The van der Waals surface area contributed by atoms with E-state index in [1.54, 1.807) is 24.3 Å². The normalized spacial score (nSPS) is 20.3. The highest BCUT2D eigenvalue weighted by molar-refractivity contribution is 6.74. The third kappa shape index (κ3) is 6.45. The number of esters is 2. The van der Waals surface area contributed by atoms with Crippen LogP contribution in [0.1, 0.15) is 52.0 Å². The van der Waals surface area contributed by atoms with E-state index >= 15 is 0 Å². The Labute approximate surface area is 193 Å². The van der Waals surface area contributed by atoms with E-state index in [4.69, 9.17) is 13.9 Å². The Kier molecular flexibility index (Phi) is 8.71. The SMILES string of the molecule is COC(=O)/C(Cc1ccc(O)cc1)=C(\C(=O)OC)C1CCC(O[Si](C)(C)C(C)(C)C)CC1. The number of carbonyl (C=O) groups is 2. The van der Waals surface area contributed by atoms with E-state index in [9.17, 15) is 14.7 Å². The Hall–Kier alpha value is -2.12. The van der Waals surface area contributed by atoms with Crippen molar-refractivity contribution >= 4 is 20.3 Å². The molecule has 1 aliphatic rings. The molecule has 1 aliphatic carbocycles. The molecule has 0 aromatic heterocycles. The van der Waals surface area contributed by atoms with E-state index in [1.807, 2.05) is 0 Å². The summed E-state index contributed by atoms with van der Waals surface area (Å²) in [5.74, 6) is -0.963. The minimum atomic E-state index is -1.87. The van der Waals surface area contributed by atoms with Crippen molar-refractivity contribution in [2.75, 3.05) is 14.2 Å². The molecule has 178 valence electrons. The fourth-order valence-corrected chi connectivity index (χ4v) is 5.35. The molecule has 0 aliphatic heterocycles. The second-order valence-corrected chi connectivity index (χ2v) is 14.8. The Morgan fingerprint density at radius 3 is 1.97 bits per heavy atom. The maximum Gasteiger partial charge on any atom is 0.334 e. The predicted molar refractivity (Wildman–Crippen MR) is 127 cm³/mol. The lowest BCUT2D eigenvalue weighted by Gasteiger charge is -2.41. The van der Waals surface area contributed by atoms with Crippen LogP contribution in [-0.2, 0) is 29.9 Å². The molecule has 7 heteroatoms. The van der Waals surface area contributed by atoms with Gasteiger partial charge in [0.25, 0.3) is 0 Å². The number of aromatic hydroxyl groups is 1. The molecule has 0 bridgehead atoms. The number of methoxy groups -OCH3 is 2. The van der Waals surface area contributed by atoms with E-state index in [0.29, 0.717) is 11.1 Å². The molecular formula is C25H38O6Si. The molecule has 0 unspecified atom stereocenters. The van der Waals surface area contributed by atoms with Crippen LogP contribution in [-0.4, -0.2) is 45.7 Å². The smallest absolute Gasteiger partial charge is 0.334 e. The number of hydrogen-bond donors (Lipinski definition) is 1. The third-order valence-corrected chi connectivity index (χ3v) is 11.4. The van der Waals surface area contributed by atoms with Gasteiger partial charge in [-0.2, -0.15) is 0 Å². The fourth-order valence-electron chi connectivity index (χ4n) is 3.93. The molecule has 2 rings (SSSR count). The molecule has 1 saturated carbocycles. The van der Waals surface area contributed by atoms with E-state index in [-0.39, 0.29) is 29.2 Å². The fraction of sp³-hybridized carbons (Fsp3) is 0.600. The molecule has 6 nitrogen and oxygen atoms in total. The third-order valence-electron chi connectivity index (χ3n) is 6.83. The summed E-state index contributed by atoms with van der Waals surface area (Å²) in [6.45, 7) is 11.2. The average molecular weight is 463 g/mol. The van der Waals surface area contributed by atoms with Crippen molar-refractivity contribution in [3.05, 3.63) is 41.0 Å². The van der Waals surface area contributed by atoms with Gasteiger partial charge >= 0.3 is 11.9 Å².